The van der Waals surface area contributed by atoms with Crippen molar-refractivity contribution >= 4 is 54.5 Å². The number of hydrogen-bond donors (Lipinski definition) is 0. The summed E-state index contributed by atoms with van der Waals surface area (Å²) >= 11 is 0. The van der Waals surface area contributed by atoms with Crippen LogP contribution >= 0.6 is 0 Å². The van der Waals surface area contributed by atoms with E-state index in [0.717, 1.165) is 71.8 Å². The van der Waals surface area contributed by atoms with E-state index in [-0.39, 0.29) is 5.41 Å². The lowest BCUT2D eigenvalue weighted by atomic mass is 9.87. The van der Waals surface area contributed by atoms with E-state index in [1.54, 1.807) is 0 Å². The molecule has 0 unspecified atom stereocenters. The Balaban J connectivity index is 1.42. The topological polar surface area (TPSA) is 38.9 Å². The Morgan fingerprint density at radius 3 is 1.78 bits per heavy atom. The van der Waals surface area contributed by atoms with Crippen molar-refractivity contribution in [3.63, 3.8) is 0 Å². The molecule has 0 saturated heterocycles. The SMILES string of the molecule is CC(C)(C)c1nc2c3ccccc3c3ccccc3c2nc1-c1cccc(-c2cccc3c2oc2ccccc23)c1. The third kappa shape index (κ3) is 3.66. The maximum Gasteiger partial charge on any atom is 0.143 e. The van der Waals surface area contributed by atoms with Crippen LogP contribution in [0.1, 0.15) is 26.5 Å². The summed E-state index contributed by atoms with van der Waals surface area (Å²) in [6.07, 6.45) is 0. The van der Waals surface area contributed by atoms with E-state index in [4.69, 9.17) is 14.4 Å². The third-order valence-electron chi connectivity index (χ3n) is 8.11. The van der Waals surface area contributed by atoms with Crippen LogP contribution in [0.2, 0.25) is 0 Å². The summed E-state index contributed by atoms with van der Waals surface area (Å²) in [5.74, 6) is 0. The molecule has 0 fully saturated rings. The molecule has 8 rings (SSSR count). The normalized spacial score (nSPS) is 12.3. The monoisotopic (exact) mass is 528 g/mol. The number of rotatable bonds is 2. The molecule has 0 aliphatic rings. The predicted octanol–water partition coefficient (Wildman–Crippen LogP) is 10.5. The molecule has 3 nitrogen and oxygen atoms in total. The van der Waals surface area contributed by atoms with Gasteiger partial charge in [-0.15, -0.1) is 0 Å². The van der Waals surface area contributed by atoms with Gasteiger partial charge < -0.3 is 4.42 Å². The summed E-state index contributed by atoms with van der Waals surface area (Å²) in [6, 6.07) is 40.3. The fourth-order valence-corrected chi connectivity index (χ4v) is 6.19. The fourth-order valence-electron chi connectivity index (χ4n) is 6.19. The lowest BCUT2D eigenvalue weighted by Crippen LogP contribution is -2.16. The van der Waals surface area contributed by atoms with Gasteiger partial charge in [0.1, 0.15) is 11.2 Å². The molecule has 2 aromatic heterocycles. The first-order valence-corrected chi connectivity index (χ1v) is 14.1. The van der Waals surface area contributed by atoms with Crippen LogP contribution in [-0.4, -0.2) is 9.97 Å². The third-order valence-corrected chi connectivity index (χ3v) is 8.11. The summed E-state index contributed by atoms with van der Waals surface area (Å²) in [4.78, 5) is 10.8. The molecule has 6 aromatic carbocycles. The number of furan rings is 1. The molecule has 2 heterocycles. The molecule has 0 radical (unpaired) electrons. The molecule has 0 atom stereocenters. The zero-order valence-electron chi connectivity index (χ0n) is 23.3. The van der Waals surface area contributed by atoms with E-state index in [1.165, 1.54) is 10.8 Å². The molecule has 8 aromatic rings. The minimum absolute atomic E-state index is 0.210. The van der Waals surface area contributed by atoms with Gasteiger partial charge in [0, 0.05) is 38.1 Å². The van der Waals surface area contributed by atoms with Gasteiger partial charge >= 0.3 is 0 Å². The Labute approximate surface area is 238 Å². The van der Waals surface area contributed by atoms with Crippen LogP contribution in [-0.2, 0) is 5.41 Å². The van der Waals surface area contributed by atoms with E-state index in [1.807, 2.05) is 12.1 Å². The van der Waals surface area contributed by atoms with Crippen LogP contribution in [0.4, 0.5) is 0 Å². The van der Waals surface area contributed by atoms with Gasteiger partial charge in [-0.3, -0.25) is 0 Å². The van der Waals surface area contributed by atoms with Gasteiger partial charge in [-0.05, 0) is 28.5 Å². The van der Waals surface area contributed by atoms with E-state index < -0.39 is 0 Å². The minimum Gasteiger partial charge on any atom is -0.455 e. The zero-order valence-corrected chi connectivity index (χ0v) is 23.3. The van der Waals surface area contributed by atoms with Crippen LogP contribution in [0.3, 0.4) is 0 Å². The predicted molar refractivity (Wildman–Crippen MR) is 171 cm³/mol. The number of benzene rings is 6. The van der Waals surface area contributed by atoms with Gasteiger partial charge in [0.25, 0.3) is 0 Å². The molecule has 0 spiro atoms. The molecule has 41 heavy (non-hydrogen) atoms. The van der Waals surface area contributed by atoms with Crippen molar-refractivity contribution in [3.8, 4) is 22.4 Å². The van der Waals surface area contributed by atoms with Crippen LogP contribution < -0.4 is 0 Å². The first-order chi connectivity index (χ1) is 20.0. The molecular formula is C38H28N2O. The summed E-state index contributed by atoms with van der Waals surface area (Å²) in [7, 11) is 0. The van der Waals surface area contributed by atoms with E-state index >= 15 is 0 Å². The second-order valence-electron chi connectivity index (χ2n) is 11.8. The fraction of sp³-hybridized carbons (Fsp3) is 0.105. The second-order valence-corrected chi connectivity index (χ2v) is 11.8. The molecule has 0 aliphatic heterocycles. The van der Waals surface area contributed by atoms with Gasteiger partial charge in [-0.2, -0.15) is 0 Å². The van der Waals surface area contributed by atoms with Crippen molar-refractivity contribution in [2.24, 2.45) is 0 Å². The van der Waals surface area contributed by atoms with Crippen molar-refractivity contribution < 1.29 is 4.42 Å². The highest BCUT2D eigenvalue weighted by Gasteiger charge is 2.25. The van der Waals surface area contributed by atoms with Gasteiger partial charge in [-0.25, -0.2) is 9.97 Å². The molecule has 0 aliphatic carbocycles. The van der Waals surface area contributed by atoms with Crippen LogP contribution in [0.5, 0.6) is 0 Å². The first kappa shape index (κ1) is 23.8. The molecule has 0 amide bonds. The van der Waals surface area contributed by atoms with Crippen molar-refractivity contribution in [1.29, 1.82) is 0 Å². The molecule has 0 saturated carbocycles. The van der Waals surface area contributed by atoms with E-state index in [2.05, 4.69) is 124 Å². The highest BCUT2D eigenvalue weighted by Crippen LogP contribution is 2.40. The highest BCUT2D eigenvalue weighted by molar-refractivity contribution is 6.23. The summed E-state index contributed by atoms with van der Waals surface area (Å²) < 4.78 is 6.38. The Morgan fingerprint density at radius 2 is 1.07 bits per heavy atom. The van der Waals surface area contributed by atoms with Gasteiger partial charge in [0.2, 0.25) is 0 Å². The first-order valence-electron chi connectivity index (χ1n) is 14.1. The average Bonchev–Trinajstić information content (AvgIpc) is 3.39. The minimum atomic E-state index is -0.210. The van der Waals surface area contributed by atoms with Crippen LogP contribution in [0, 0.1) is 0 Å². The zero-order chi connectivity index (χ0) is 27.7. The van der Waals surface area contributed by atoms with Crippen LogP contribution in [0.15, 0.2) is 120 Å². The standard InChI is InChI=1S/C38H28N2O/c1-38(2,3)37-33(39-34-29-17-6-4-14-26(29)27-15-5-7-18-30(27)35(34)40-37)24-13-10-12-23(22-24)25-19-11-20-31-28-16-8-9-21-32(28)41-36(25)31/h4-22H,1-3H3. The molecule has 3 heteroatoms. The number of para-hydroxylation sites is 2. The van der Waals surface area contributed by atoms with E-state index in [0.29, 0.717) is 0 Å². The van der Waals surface area contributed by atoms with Crippen molar-refractivity contribution in [2.45, 2.75) is 26.2 Å². The molecular weight excluding hydrogens is 500 g/mol. The Hall–Kier alpha value is -5.02. The van der Waals surface area contributed by atoms with Gasteiger partial charge in [0.15, 0.2) is 0 Å². The van der Waals surface area contributed by atoms with Crippen molar-refractivity contribution in [3.05, 3.63) is 121 Å². The maximum absolute atomic E-state index is 6.38. The van der Waals surface area contributed by atoms with Crippen molar-refractivity contribution in [1.82, 2.24) is 9.97 Å². The lowest BCUT2D eigenvalue weighted by molar-refractivity contribution is 0.571. The van der Waals surface area contributed by atoms with Gasteiger partial charge in [0.05, 0.1) is 22.4 Å². The molecule has 0 bridgehead atoms. The smallest absolute Gasteiger partial charge is 0.143 e. The highest BCUT2D eigenvalue weighted by atomic mass is 16.3. The molecule has 0 N–H and O–H groups in total. The lowest BCUT2D eigenvalue weighted by Gasteiger charge is -2.23. The molecule has 196 valence electrons. The van der Waals surface area contributed by atoms with E-state index in [9.17, 15) is 0 Å². The van der Waals surface area contributed by atoms with Crippen molar-refractivity contribution in [2.75, 3.05) is 0 Å². The average molecular weight is 529 g/mol. The number of hydrogen-bond acceptors (Lipinski definition) is 3. The van der Waals surface area contributed by atoms with Gasteiger partial charge in [-0.1, -0.05) is 124 Å². The quantitative estimate of drug-likeness (QED) is 0.210. The second kappa shape index (κ2) is 8.74. The maximum atomic E-state index is 6.38. The Bertz CT molecular complexity index is 2300. The Morgan fingerprint density at radius 1 is 0.512 bits per heavy atom. The number of fused-ring (bicyclic) bond motifs is 9. The van der Waals surface area contributed by atoms with Crippen LogP contribution in [0.25, 0.3) is 76.9 Å². The largest absolute Gasteiger partial charge is 0.455 e. The summed E-state index contributed by atoms with van der Waals surface area (Å²) in [5.41, 5.74) is 8.62. The summed E-state index contributed by atoms with van der Waals surface area (Å²) in [5, 5.41) is 6.93. The summed E-state index contributed by atoms with van der Waals surface area (Å²) in [6.45, 7) is 6.65. The Kier molecular flexibility index (Phi) is 5.08. The number of aromatic nitrogens is 2. The number of nitrogens with zero attached hydrogens (tertiary/aromatic N) is 2.